The van der Waals surface area contributed by atoms with Crippen molar-refractivity contribution in [2.45, 2.75) is 6.54 Å². The first-order valence-corrected chi connectivity index (χ1v) is 4.87. The molecule has 2 aromatic heterocycles. The summed E-state index contributed by atoms with van der Waals surface area (Å²) in [4.78, 5) is 8.25. The summed E-state index contributed by atoms with van der Waals surface area (Å²) < 4.78 is 1.85. The second kappa shape index (κ2) is 4.56. The molecule has 0 aliphatic rings. The zero-order valence-electron chi connectivity index (χ0n) is 9.18. The Balaban J connectivity index is 2.02. The average Bonchev–Trinajstić information content (AvgIpc) is 2.72. The summed E-state index contributed by atoms with van der Waals surface area (Å²) in [7, 11) is 3.68. The molecule has 16 heavy (non-hydrogen) atoms. The normalized spacial score (nSPS) is 10.1. The van der Waals surface area contributed by atoms with Gasteiger partial charge < -0.3 is 15.2 Å². The summed E-state index contributed by atoms with van der Waals surface area (Å²) >= 11 is 0. The van der Waals surface area contributed by atoms with E-state index < -0.39 is 0 Å². The van der Waals surface area contributed by atoms with Gasteiger partial charge in [-0.25, -0.2) is 4.98 Å². The minimum absolute atomic E-state index is 0.580. The van der Waals surface area contributed by atoms with Crippen LogP contribution in [0.15, 0.2) is 18.6 Å². The molecule has 0 spiro atoms. The smallest absolute Gasteiger partial charge is 0.224 e. The lowest BCUT2D eigenvalue weighted by atomic mass is 10.5. The Hall–Kier alpha value is -2.18. The largest absolute Gasteiger partial charge is 0.363 e. The van der Waals surface area contributed by atoms with E-state index in [0.29, 0.717) is 12.5 Å². The number of hydrogen-bond acceptors (Lipinski definition) is 6. The molecule has 0 aliphatic carbocycles. The second-order valence-corrected chi connectivity index (χ2v) is 3.23. The van der Waals surface area contributed by atoms with E-state index >= 15 is 0 Å². The van der Waals surface area contributed by atoms with Crippen LogP contribution in [0.25, 0.3) is 0 Å². The van der Waals surface area contributed by atoms with Crippen molar-refractivity contribution in [2.24, 2.45) is 7.05 Å². The van der Waals surface area contributed by atoms with Crippen LogP contribution in [0.1, 0.15) is 5.82 Å². The van der Waals surface area contributed by atoms with E-state index in [-0.39, 0.29) is 0 Å². The lowest BCUT2D eigenvalue weighted by Crippen LogP contribution is -2.07. The second-order valence-electron chi connectivity index (χ2n) is 3.23. The van der Waals surface area contributed by atoms with Gasteiger partial charge in [0.2, 0.25) is 5.95 Å². The molecule has 0 fully saturated rings. The predicted molar refractivity (Wildman–Crippen MR) is 59.9 cm³/mol. The van der Waals surface area contributed by atoms with Gasteiger partial charge in [-0.15, -0.1) is 10.2 Å². The summed E-state index contributed by atoms with van der Waals surface area (Å²) in [5, 5.41) is 13.8. The molecule has 0 saturated heterocycles. The monoisotopic (exact) mass is 219 g/mol. The fourth-order valence-electron chi connectivity index (χ4n) is 1.21. The lowest BCUT2D eigenvalue weighted by molar-refractivity contribution is 0.810. The number of nitrogens with zero attached hydrogens (tertiary/aromatic N) is 5. The Bertz CT molecular complexity index is 464. The molecule has 0 saturated carbocycles. The van der Waals surface area contributed by atoms with Crippen molar-refractivity contribution in [2.75, 3.05) is 17.7 Å². The number of aryl methyl sites for hydroxylation is 1. The maximum Gasteiger partial charge on any atom is 0.224 e. The molecule has 7 nitrogen and oxygen atoms in total. The van der Waals surface area contributed by atoms with E-state index in [1.54, 1.807) is 25.6 Å². The van der Waals surface area contributed by atoms with Crippen LogP contribution in [0.4, 0.5) is 11.8 Å². The van der Waals surface area contributed by atoms with Gasteiger partial charge in [0.15, 0.2) is 5.82 Å². The molecular weight excluding hydrogens is 206 g/mol. The highest BCUT2D eigenvalue weighted by atomic mass is 15.3. The number of rotatable bonds is 4. The minimum atomic E-state index is 0.580. The molecule has 0 bridgehead atoms. The summed E-state index contributed by atoms with van der Waals surface area (Å²) in [5.74, 6) is 2.19. The van der Waals surface area contributed by atoms with Gasteiger partial charge in [0.05, 0.1) is 6.54 Å². The SMILES string of the molecule is CNc1nccc(NCc2nncn2C)n1. The maximum absolute atomic E-state index is 4.23. The quantitative estimate of drug-likeness (QED) is 0.767. The third-order valence-electron chi connectivity index (χ3n) is 2.11. The molecule has 7 heteroatoms. The van der Waals surface area contributed by atoms with Crippen molar-refractivity contribution in [1.29, 1.82) is 0 Å². The first-order valence-electron chi connectivity index (χ1n) is 4.87. The average molecular weight is 219 g/mol. The van der Waals surface area contributed by atoms with Gasteiger partial charge in [0, 0.05) is 20.3 Å². The third-order valence-corrected chi connectivity index (χ3v) is 2.11. The topological polar surface area (TPSA) is 80.5 Å². The van der Waals surface area contributed by atoms with Crippen LogP contribution in [0.5, 0.6) is 0 Å². The van der Waals surface area contributed by atoms with E-state index in [2.05, 4.69) is 30.8 Å². The van der Waals surface area contributed by atoms with E-state index in [1.807, 2.05) is 11.6 Å². The predicted octanol–water partition coefficient (Wildman–Crippen LogP) is 0.259. The van der Waals surface area contributed by atoms with Crippen LogP contribution in [0, 0.1) is 0 Å². The fourth-order valence-corrected chi connectivity index (χ4v) is 1.21. The Morgan fingerprint density at radius 2 is 2.31 bits per heavy atom. The van der Waals surface area contributed by atoms with Gasteiger partial charge in [-0.1, -0.05) is 0 Å². The van der Waals surface area contributed by atoms with Gasteiger partial charge in [0.1, 0.15) is 12.1 Å². The molecule has 0 aromatic carbocycles. The molecule has 0 amide bonds. The summed E-state index contributed by atoms with van der Waals surface area (Å²) in [5.41, 5.74) is 0. The Morgan fingerprint density at radius 1 is 1.44 bits per heavy atom. The van der Waals surface area contributed by atoms with E-state index in [9.17, 15) is 0 Å². The number of nitrogens with one attached hydrogen (secondary N) is 2. The molecule has 0 aliphatic heterocycles. The first kappa shape index (κ1) is 10.3. The van der Waals surface area contributed by atoms with Crippen molar-refractivity contribution in [3.63, 3.8) is 0 Å². The van der Waals surface area contributed by atoms with Crippen molar-refractivity contribution in [3.05, 3.63) is 24.4 Å². The van der Waals surface area contributed by atoms with E-state index in [4.69, 9.17) is 0 Å². The molecule has 0 atom stereocenters. The molecule has 0 radical (unpaired) electrons. The van der Waals surface area contributed by atoms with Crippen molar-refractivity contribution in [3.8, 4) is 0 Å². The van der Waals surface area contributed by atoms with Crippen LogP contribution in [0.2, 0.25) is 0 Å². The zero-order chi connectivity index (χ0) is 11.4. The first-order chi connectivity index (χ1) is 7.79. The van der Waals surface area contributed by atoms with Gasteiger partial charge in [-0.05, 0) is 6.07 Å². The zero-order valence-corrected chi connectivity index (χ0v) is 9.18. The summed E-state index contributed by atoms with van der Waals surface area (Å²) in [6.07, 6.45) is 3.36. The van der Waals surface area contributed by atoms with Crippen molar-refractivity contribution >= 4 is 11.8 Å². The third kappa shape index (κ3) is 2.25. The number of anilines is 2. The van der Waals surface area contributed by atoms with Crippen LogP contribution >= 0.6 is 0 Å². The van der Waals surface area contributed by atoms with Gasteiger partial charge in [-0.3, -0.25) is 0 Å². The highest BCUT2D eigenvalue weighted by Gasteiger charge is 2.01. The van der Waals surface area contributed by atoms with Crippen LogP contribution in [0.3, 0.4) is 0 Å². The van der Waals surface area contributed by atoms with Gasteiger partial charge in [0.25, 0.3) is 0 Å². The van der Waals surface area contributed by atoms with Crippen molar-refractivity contribution in [1.82, 2.24) is 24.7 Å². The van der Waals surface area contributed by atoms with Crippen molar-refractivity contribution < 1.29 is 0 Å². The fraction of sp³-hybridized carbons (Fsp3) is 0.333. The molecule has 2 rings (SSSR count). The summed E-state index contributed by atoms with van der Waals surface area (Å²) in [6, 6.07) is 1.80. The maximum atomic E-state index is 4.23. The van der Waals surface area contributed by atoms with Crippen LogP contribution in [-0.2, 0) is 13.6 Å². The Labute approximate surface area is 92.9 Å². The van der Waals surface area contributed by atoms with E-state index in [1.165, 1.54) is 0 Å². The minimum Gasteiger partial charge on any atom is -0.363 e. The van der Waals surface area contributed by atoms with E-state index in [0.717, 1.165) is 11.6 Å². The molecular formula is C9H13N7. The number of aromatic nitrogens is 5. The van der Waals surface area contributed by atoms with Crippen LogP contribution < -0.4 is 10.6 Å². The molecule has 0 unspecified atom stereocenters. The Morgan fingerprint density at radius 3 is 3.00 bits per heavy atom. The highest BCUT2D eigenvalue weighted by molar-refractivity contribution is 5.39. The molecule has 2 heterocycles. The Kier molecular flexibility index (Phi) is 2.95. The molecule has 84 valence electrons. The molecule has 2 N–H and O–H groups in total. The molecule has 2 aromatic rings. The summed E-state index contributed by atoms with van der Waals surface area (Å²) in [6.45, 7) is 0.580. The standard InChI is InChI=1S/C9H13N7/c1-10-9-11-4-3-7(14-9)12-5-8-15-13-6-16(8)2/h3-4,6H,5H2,1-2H3,(H2,10,11,12,14). The highest BCUT2D eigenvalue weighted by Crippen LogP contribution is 2.06. The number of hydrogen-bond donors (Lipinski definition) is 2. The van der Waals surface area contributed by atoms with Crippen LogP contribution in [-0.4, -0.2) is 31.8 Å². The van der Waals surface area contributed by atoms with Gasteiger partial charge >= 0.3 is 0 Å². The lowest BCUT2D eigenvalue weighted by Gasteiger charge is -2.05. The van der Waals surface area contributed by atoms with Gasteiger partial charge in [-0.2, -0.15) is 4.98 Å².